The quantitative estimate of drug-likeness (QED) is 0.577. The fourth-order valence-electron chi connectivity index (χ4n) is 1.19. The standard InChI is InChI=1S/C11H13Cl2OP/c1-3-10(11(12)14-2)15(13)9-7-5-4-6-8-9/h4-8H,3H2,1-2H3/b11-10-. The molecule has 4 heteroatoms. The van der Waals surface area contributed by atoms with Crippen LogP contribution in [0.5, 0.6) is 0 Å². The van der Waals surface area contributed by atoms with Gasteiger partial charge in [-0.15, -0.1) is 0 Å². The molecule has 0 aliphatic heterocycles. The van der Waals surface area contributed by atoms with Gasteiger partial charge in [0.2, 0.25) is 0 Å². The summed E-state index contributed by atoms with van der Waals surface area (Å²) in [6.45, 7) is 2.03. The van der Waals surface area contributed by atoms with Crippen LogP contribution < -0.4 is 5.30 Å². The molecule has 0 radical (unpaired) electrons. The first-order chi connectivity index (χ1) is 7.20. The molecular formula is C11H13Cl2OP. The van der Waals surface area contributed by atoms with Crippen LogP contribution in [0.15, 0.2) is 40.9 Å². The van der Waals surface area contributed by atoms with Gasteiger partial charge in [0, 0.05) is 5.31 Å². The lowest BCUT2D eigenvalue weighted by Crippen LogP contribution is -1.98. The second kappa shape index (κ2) is 6.37. The second-order valence-corrected chi connectivity index (χ2v) is 5.87. The lowest BCUT2D eigenvalue weighted by molar-refractivity contribution is 0.319. The summed E-state index contributed by atoms with van der Waals surface area (Å²) in [7, 11) is 0.669. The lowest BCUT2D eigenvalue weighted by Gasteiger charge is -2.14. The maximum Gasteiger partial charge on any atom is 0.191 e. The van der Waals surface area contributed by atoms with Gasteiger partial charge in [0.15, 0.2) is 5.22 Å². The number of methoxy groups -OCH3 is 1. The van der Waals surface area contributed by atoms with E-state index in [1.807, 2.05) is 37.3 Å². The smallest absolute Gasteiger partial charge is 0.191 e. The van der Waals surface area contributed by atoms with E-state index in [0.717, 1.165) is 17.0 Å². The number of halogens is 2. The maximum absolute atomic E-state index is 6.39. The van der Waals surface area contributed by atoms with Crippen molar-refractivity contribution in [2.75, 3.05) is 7.11 Å². The van der Waals surface area contributed by atoms with Crippen molar-refractivity contribution in [2.24, 2.45) is 0 Å². The van der Waals surface area contributed by atoms with E-state index in [1.54, 1.807) is 7.11 Å². The predicted molar refractivity (Wildman–Crippen MR) is 69.0 cm³/mol. The number of hydrogen-bond donors (Lipinski definition) is 0. The largest absolute Gasteiger partial charge is 0.486 e. The first-order valence-electron chi connectivity index (χ1n) is 4.64. The molecule has 0 spiro atoms. The van der Waals surface area contributed by atoms with E-state index in [0.29, 0.717) is 5.22 Å². The monoisotopic (exact) mass is 262 g/mol. The van der Waals surface area contributed by atoms with Crippen LogP contribution in [0, 0.1) is 0 Å². The van der Waals surface area contributed by atoms with Crippen molar-refractivity contribution in [3.63, 3.8) is 0 Å². The van der Waals surface area contributed by atoms with Crippen LogP contribution in [0.3, 0.4) is 0 Å². The Morgan fingerprint density at radius 2 is 1.93 bits per heavy atom. The molecule has 0 aliphatic rings. The summed E-state index contributed by atoms with van der Waals surface area (Å²) < 4.78 is 5.02. The molecule has 0 saturated carbocycles. The molecule has 1 nitrogen and oxygen atoms in total. The molecule has 0 N–H and O–H groups in total. The summed E-state index contributed by atoms with van der Waals surface area (Å²) in [4.78, 5) is 0. The summed E-state index contributed by atoms with van der Waals surface area (Å²) in [6, 6.07) is 9.93. The minimum Gasteiger partial charge on any atom is -0.486 e. The van der Waals surface area contributed by atoms with Crippen molar-refractivity contribution >= 4 is 35.4 Å². The van der Waals surface area contributed by atoms with Crippen molar-refractivity contribution in [2.45, 2.75) is 13.3 Å². The Bertz CT molecular complexity index is 338. The molecule has 1 unspecified atom stereocenters. The van der Waals surface area contributed by atoms with Gasteiger partial charge in [0.1, 0.15) is 0 Å². The molecule has 0 heterocycles. The second-order valence-electron chi connectivity index (χ2n) is 2.89. The Kier molecular flexibility index (Phi) is 5.45. The van der Waals surface area contributed by atoms with Crippen molar-refractivity contribution in [1.29, 1.82) is 0 Å². The van der Waals surface area contributed by atoms with E-state index in [4.69, 9.17) is 27.6 Å². The lowest BCUT2D eigenvalue weighted by atomic mass is 10.4. The molecule has 0 aromatic heterocycles. The Labute approximate surface area is 102 Å². The molecule has 1 atom stereocenters. The van der Waals surface area contributed by atoms with Crippen molar-refractivity contribution in [3.05, 3.63) is 40.9 Å². The van der Waals surface area contributed by atoms with E-state index in [9.17, 15) is 0 Å². The molecule has 0 saturated heterocycles. The summed E-state index contributed by atoms with van der Waals surface area (Å²) in [5.74, 6) is 0. The Morgan fingerprint density at radius 3 is 2.40 bits per heavy atom. The maximum atomic E-state index is 6.39. The zero-order valence-corrected chi connectivity index (χ0v) is 11.1. The predicted octanol–water partition coefficient (Wildman–Crippen LogP) is 4.41. The van der Waals surface area contributed by atoms with Crippen LogP contribution >= 0.6 is 30.1 Å². The third-order valence-corrected chi connectivity index (χ3v) is 5.42. The number of ether oxygens (including phenoxy) is 1. The third kappa shape index (κ3) is 3.38. The van der Waals surface area contributed by atoms with Gasteiger partial charge < -0.3 is 4.74 Å². The van der Waals surface area contributed by atoms with Gasteiger partial charge in [-0.25, -0.2) is 0 Å². The highest BCUT2D eigenvalue weighted by Crippen LogP contribution is 2.52. The Morgan fingerprint density at radius 1 is 1.33 bits per heavy atom. The molecule has 1 aromatic rings. The molecule has 0 aliphatic carbocycles. The molecular weight excluding hydrogens is 250 g/mol. The first-order valence-corrected chi connectivity index (χ1v) is 7.26. The highest BCUT2D eigenvalue weighted by molar-refractivity contribution is 7.93. The van der Waals surface area contributed by atoms with Crippen molar-refractivity contribution in [3.8, 4) is 0 Å². The number of rotatable bonds is 4. The molecule has 0 fully saturated rings. The van der Waals surface area contributed by atoms with Gasteiger partial charge in [-0.05, 0) is 23.3 Å². The fraction of sp³-hybridized carbons (Fsp3) is 0.273. The van der Waals surface area contributed by atoms with Gasteiger partial charge >= 0.3 is 0 Å². The van der Waals surface area contributed by atoms with Crippen LogP contribution in [-0.2, 0) is 4.74 Å². The molecule has 15 heavy (non-hydrogen) atoms. The van der Waals surface area contributed by atoms with Gasteiger partial charge in [0.25, 0.3) is 0 Å². The SMILES string of the molecule is CC/C(=C(\Cl)OC)P(Cl)c1ccccc1. The van der Waals surface area contributed by atoms with Gasteiger partial charge in [-0.1, -0.05) is 48.5 Å². The molecule has 0 bridgehead atoms. The van der Waals surface area contributed by atoms with Crippen LogP contribution in [0.25, 0.3) is 0 Å². The molecule has 1 rings (SSSR count). The number of benzene rings is 1. The number of hydrogen-bond acceptors (Lipinski definition) is 1. The average molecular weight is 263 g/mol. The molecule has 82 valence electrons. The van der Waals surface area contributed by atoms with Gasteiger partial charge in [0.05, 0.1) is 14.4 Å². The van der Waals surface area contributed by atoms with E-state index < -0.39 is 7.27 Å². The normalized spacial score (nSPS) is 14.4. The highest BCUT2D eigenvalue weighted by atomic mass is 35.7. The van der Waals surface area contributed by atoms with E-state index in [2.05, 4.69) is 0 Å². The third-order valence-electron chi connectivity index (χ3n) is 1.96. The minimum absolute atomic E-state index is 0.419. The van der Waals surface area contributed by atoms with Crippen molar-refractivity contribution < 1.29 is 4.74 Å². The molecule has 0 amide bonds. The zero-order valence-electron chi connectivity index (χ0n) is 8.71. The molecule has 1 aromatic carbocycles. The fourth-order valence-corrected chi connectivity index (χ4v) is 3.90. The van der Waals surface area contributed by atoms with E-state index >= 15 is 0 Å². The van der Waals surface area contributed by atoms with Crippen LogP contribution in [-0.4, -0.2) is 7.11 Å². The topological polar surface area (TPSA) is 9.23 Å². The van der Waals surface area contributed by atoms with Crippen LogP contribution in [0.1, 0.15) is 13.3 Å². The Hall–Kier alpha value is -0.230. The van der Waals surface area contributed by atoms with Gasteiger partial charge in [-0.2, -0.15) is 0 Å². The average Bonchev–Trinajstić information content (AvgIpc) is 2.30. The van der Waals surface area contributed by atoms with E-state index in [-0.39, 0.29) is 0 Å². The summed E-state index contributed by atoms with van der Waals surface area (Å²) in [5, 5.41) is 2.49. The first kappa shape index (κ1) is 12.8. The number of allylic oxidation sites excluding steroid dienone is 1. The highest BCUT2D eigenvalue weighted by Gasteiger charge is 2.16. The van der Waals surface area contributed by atoms with Gasteiger partial charge in [-0.3, -0.25) is 0 Å². The zero-order chi connectivity index (χ0) is 11.3. The van der Waals surface area contributed by atoms with Crippen molar-refractivity contribution in [1.82, 2.24) is 0 Å². The van der Waals surface area contributed by atoms with Crippen LogP contribution in [0.2, 0.25) is 0 Å². The summed E-state index contributed by atoms with van der Waals surface area (Å²) in [5.41, 5.74) is 0. The minimum atomic E-state index is -0.890. The Balaban J connectivity index is 2.97. The summed E-state index contributed by atoms with van der Waals surface area (Å²) >= 11 is 12.4. The van der Waals surface area contributed by atoms with E-state index in [1.165, 1.54) is 0 Å². The van der Waals surface area contributed by atoms with Crippen LogP contribution in [0.4, 0.5) is 0 Å². The summed E-state index contributed by atoms with van der Waals surface area (Å²) in [6.07, 6.45) is 0.802.